The lowest BCUT2D eigenvalue weighted by molar-refractivity contribution is -0.143. The minimum Gasteiger partial charge on any atom is -0.460 e. The van der Waals surface area contributed by atoms with Crippen molar-refractivity contribution in [3.8, 4) is 34.0 Å². The van der Waals surface area contributed by atoms with E-state index in [1.54, 1.807) is 0 Å². The topological polar surface area (TPSA) is 91.2 Å². The van der Waals surface area contributed by atoms with Gasteiger partial charge in [-0.15, -0.1) is 0 Å². The minimum atomic E-state index is -0.448. The molecule has 0 aliphatic carbocycles. The van der Waals surface area contributed by atoms with E-state index in [4.69, 9.17) is 15.0 Å². The van der Waals surface area contributed by atoms with E-state index in [1.807, 2.05) is 61.5 Å². The van der Waals surface area contributed by atoms with E-state index in [9.17, 15) is 4.79 Å². The third-order valence-corrected chi connectivity index (χ3v) is 4.83. The van der Waals surface area contributed by atoms with Gasteiger partial charge in [0.05, 0.1) is 6.54 Å². The molecule has 0 amide bonds. The highest BCUT2D eigenvalue weighted by atomic mass is 16.5. The Bertz CT molecular complexity index is 1170. The second-order valence-corrected chi connectivity index (χ2v) is 6.83. The molecule has 4 rings (SSSR count). The van der Waals surface area contributed by atoms with Crippen LogP contribution in [0.2, 0.25) is 0 Å². The molecule has 3 aromatic carbocycles. The minimum absolute atomic E-state index is 0.144. The first-order chi connectivity index (χ1) is 14.7. The van der Waals surface area contributed by atoms with Gasteiger partial charge < -0.3 is 15.0 Å². The van der Waals surface area contributed by atoms with Crippen LogP contribution in [0.15, 0.2) is 77.3 Å². The summed E-state index contributed by atoms with van der Waals surface area (Å²) in [6.45, 7) is 2.05. The van der Waals surface area contributed by atoms with Crippen LogP contribution in [0.4, 0.5) is 0 Å². The number of esters is 1. The number of hydrogen-bond donors (Lipinski definition) is 1. The summed E-state index contributed by atoms with van der Waals surface area (Å²) < 4.78 is 10.7. The average molecular weight is 399 g/mol. The molecule has 0 unspecified atom stereocenters. The van der Waals surface area contributed by atoms with Crippen molar-refractivity contribution >= 4 is 5.97 Å². The van der Waals surface area contributed by atoms with Crippen molar-refractivity contribution in [2.45, 2.75) is 13.5 Å². The number of nitrogens with zero attached hydrogens (tertiary/aromatic N) is 2. The highest BCUT2D eigenvalue weighted by Gasteiger charge is 2.15. The zero-order chi connectivity index (χ0) is 20.9. The first-order valence-corrected chi connectivity index (χ1v) is 9.60. The van der Waals surface area contributed by atoms with Crippen LogP contribution in [0.25, 0.3) is 34.0 Å². The Labute approximate surface area is 174 Å². The molecule has 0 saturated carbocycles. The van der Waals surface area contributed by atoms with Crippen molar-refractivity contribution in [1.29, 1.82) is 0 Å². The predicted octanol–water partition coefficient (Wildman–Crippen LogP) is 4.38. The molecule has 0 atom stereocenters. The van der Waals surface area contributed by atoms with Gasteiger partial charge in [-0.3, -0.25) is 4.79 Å². The van der Waals surface area contributed by atoms with Gasteiger partial charge in [-0.25, -0.2) is 0 Å². The Morgan fingerprint density at radius 2 is 1.70 bits per heavy atom. The van der Waals surface area contributed by atoms with Crippen molar-refractivity contribution in [2.75, 3.05) is 6.54 Å². The summed E-state index contributed by atoms with van der Waals surface area (Å²) in [5.74, 6) is 0.484. The SMILES string of the molecule is Cc1c(-c2ccccc2)cccc1-c1nc(-c2cccc(COC(=O)CN)c2)no1. The lowest BCUT2D eigenvalue weighted by Gasteiger charge is -2.08. The molecule has 6 nitrogen and oxygen atoms in total. The molecule has 30 heavy (non-hydrogen) atoms. The molecule has 2 N–H and O–H groups in total. The molecular formula is C24H21N3O3. The summed E-state index contributed by atoms with van der Waals surface area (Å²) in [5.41, 5.74) is 11.1. The van der Waals surface area contributed by atoms with Crippen molar-refractivity contribution in [1.82, 2.24) is 10.1 Å². The lowest BCUT2D eigenvalue weighted by Crippen LogP contribution is -2.16. The van der Waals surface area contributed by atoms with E-state index in [0.29, 0.717) is 11.7 Å². The molecule has 0 bridgehead atoms. The Hall–Kier alpha value is -3.77. The van der Waals surface area contributed by atoms with E-state index in [0.717, 1.165) is 33.4 Å². The zero-order valence-electron chi connectivity index (χ0n) is 16.5. The first kappa shape index (κ1) is 19.5. The second kappa shape index (κ2) is 8.71. The monoisotopic (exact) mass is 399 g/mol. The van der Waals surface area contributed by atoms with E-state index in [1.165, 1.54) is 0 Å². The lowest BCUT2D eigenvalue weighted by atomic mass is 9.96. The molecule has 1 heterocycles. The summed E-state index contributed by atoms with van der Waals surface area (Å²) in [6.07, 6.45) is 0. The number of benzene rings is 3. The van der Waals surface area contributed by atoms with Gasteiger partial charge in [0.1, 0.15) is 6.61 Å². The van der Waals surface area contributed by atoms with Crippen LogP contribution in [0.3, 0.4) is 0 Å². The molecule has 0 aliphatic rings. The van der Waals surface area contributed by atoms with Gasteiger partial charge in [0.25, 0.3) is 5.89 Å². The van der Waals surface area contributed by atoms with E-state index >= 15 is 0 Å². The van der Waals surface area contributed by atoms with Crippen LogP contribution in [-0.4, -0.2) is 22.7 Å². The average Bonchev–Trinajstić information content (AvgIpc) is 3.28. The van der Waals surface area contributed by atoms with E-state index < -0.39 is 5.97 Å². The summed E-state index contributed by atoms with van der Waals surface area (Å²) >= 11 is 0. The van der Waals surface area contributed by atoms with Crippen molar-refractivity contribution in [2.24, 2.45) is 5.73 Å². The second-order valence-electron chi connectivity index (χ2n) is 6.83. The van der Waals surface area contributed by atoms with Crippen molar-refractivity contribution < 1.29 is 14.1 Å². The normalized spacial score (nSPS) is 10.7. The van der Waals surface area contributed by atoms with Crippen LogP contribution in [0.1, 0.15) is 11.1 Å². The molecule has 4 aromatic rings. The quantitative estimate of drug-likeness (QED) is 0.484. The summed E-state index contributed by atoms with van der Waals surface area (Å²) in [7, 11) is 0. The highest BCUT2D eigenvalue weighted by molar-refractivity contribution is 5.75. The molecule has 0 saturated heterocycles. The molecule has 6 heteroatoms. The molecule has 0 radical (unpaired) electrons. The molecule has 0 fully saturated rings. The summed E-state index contributed by atoms with van der Waals surface area (Å²) in [4.78, 5) is 15.9. The number of nitrogens with two attached hydrogens (primary N) is 1. The van der Waals surface area contributed by atoms with Crippen LogP contribution in [0.5, 0.6) is 0 Å². The van der Waals surface area contributed by atoms with Crippen molar-refractivity contribution in [3.63, 3.8) is 0 Å². The van der Waals surface area contributed by atoms with Crippen LogP contribution < -0.4 is 5.73 Å². The fraction of sp³-hybridized carbons (Fsp3) is 0.125. The van der Waals surface area contributed by atoms with Gasteiger partial charge in [0.2, 0.25) is 5.82 Å². The van der Waals surface area contributed by atoms with Gasteiger partial charge in [-0.1, -0.05) is 65.8 Å². The maximum absolute atomic E-state index is 11.3. The number of hydrogen-bond acceptors (Lipinski definition) is 6. The van der Waals surface area contributed by atoms with Crippen LogP contribution in [0, 0.1) is 6.92 Å². The Morgan fingerprint density at radius 1 is 0.967 bits per heavy atom. The van der Waals surface area contributed by atoms with Crippen LogP contribution >= 0.6 is 0 Å². The predicted molar refractivity (Wildman–Crippen MR) is 114 cm³/mol. The summed E-state index contributed by atoms with van der Waals surface area (Å²) in [6, 6.07) is 23.7. The van der Waals surface area contributed by atoms with E-state index in [2.05, 4.69) is 28.3 Å². The number of carbonyl (C=O) groups is 1. The number of aromatic nitrogens is 2. The first-order valence-electron chi connectivity index (χ1n) is 9.60. The van der Waals surface area contributed by atoms with Gasteiger partial charge in [0.15, 0.2) is 0 Å². The molecule has 0 aliphatic heterocycles. The number of rotatable bonds is 6. The number of carbonyl (C=O) groups excluding carboxylic acids is 1. The third kappa shape index (κ3) is 4.14. The molecule has 150 valence electrons. The Morgan fingerprint density at radius 3 is 2.50 bits per heavy atom. The highest BCUT2D eigenvalue weighted by Crippen LogP contribution is 2.32. The molecule has 0 spiro atoms. The maximum Gasteiger partial charge on any atom is 0.320 e. The standard InChI is InChI=1S/C24H21N3O3/c1-16-20(18-8-3-2-4-9-18)11-6-12-21(16)24-26-23(27-30-24)19-10-5-7-17(13-19)15-29-22(28)14-25/h2-13H,14-15,25H2,1H3. The van der Waals surface area contributed by atoms with Gasteiger partial charge in [-0.2, -0.15) is 4.98 Å². The van der Waals surface area contributed by atoms with Gasteiger partial charge in [0, 0.05) is 11.1 Å². The van der Waals surface area contributed by atoms with Crippen LogP contribution in [-0.2, 0) is 16.1 Å². The smallest absolute Gasteiger partial charge is 0.320 e. The Kier molecular flexibility index (Phi) is 5.68. The zero-order valence-corrected chi connectivity index (χ0v) is 16.5. The fourth-order valence-corrected chi connectivity index (χ4v) is 3.27. The Balaban J connectivity index is 1.62. The summed E-state index contributed by atoms with van der Waals surface area (Å²) in [5, 5.41) is 4.14. The number of ether oxygens (including phenoxy) is 1. The molecule has 1 aromatic heterocycles. The van der Waals surface area contributed by atoms with E-state index in [-0.39, 0.29) is 13.2 Å². The van der Waals surface area contributed by atoms with Crippen molar-refractivity contribution in [3.05, 3.63) is 83.9 Å². The van der Waals surface area contributed by atoms with Gasteiger partial charge in [-0.05, 0) is 41.3 Å². The maximum atomic E-state index is 11.3. The van der Waals surface area contributed by atoms with Gasteiger partial charge >= 0.3 is 5.97 Å². The fourth-order valence-electron chi connectivity index (χ4n) is 3.27. The molecular weight excluding hydrogens is 378 g/mol. The largest absolute Gasteiger partial charge is 0.460 e. The third-order valence-electron chi connectivity index (χ3n) is 4.83.